The van der Waals surface area contributed by atoms with Crippen LogP contribution < -0.4 is 23.7 Å². The lowest BCUT2D eigenvalue weighted by atomic mass is 9.81. The molecule has 200 valence electrons. The van der Waals surface area contributed by atoms with Crippen molar-refractivity contribution in [1.29, 1.82) is 0 Å². The van der Waals surface area contributed by atoms with Crippen LogP contribution >= 0.6 is 0 Å². The van der Waals surface area contributed by atoms with E-state index in [9.17, 15) is 30.0 Å². The smallest absolute Gasteiger partial charge is 0.229 e. The maximum absolute atomic E-state index is 13.8. The van der Waals surface area contributed by atoms with E-state index in [1.807, 2.05) is 0 Å². The number of ketones is 2. The lowest BCUT2D eigenvalue weighted by Gasteiger charge is -2.40. The number of aryl methyl sites for hydroxylation is 1. The normalized spacial score (nSPS) is 24.7. The lowest BCUT2D eigenvalue weighted by Crippen LogP contribution is -2.60. The van der Waals surface area contributed by atoms with Crippen LogP contribution in [0.3, 0.4) is 0 Å². The second-order valence-corrected chi connectivity index (χ2v) is 8.52. The molecule has 1 aliphatic heterocycles. The minimum atomic E-state index is -1.70. The molecule has 37 heavy (non-hydrogen) atoms. The first-order chi connectivity index (χ1) is 17.6. The molecule has 0 spiro atoms. The molecule has 2 aliphatic rings. The molecular formula is C25H28O12. The highest BCUT2D eigenvalue weighted by Crippen LogP contribution is 2.49. The fourth-order valence-corrected chi connectivity index (χ4v) is 4.63. The number of benzene rings is 2. The number of aliphatic hydroxyl groups is 4. The molecule has 5 atom stereocenters. The molecule has 4 N–H and O–H groups in total. The number of fused-ring (bicyclic) bond motifs is 2. The average molecular weight is 520 g/mol. The third kappa shape index (κ3) is 4.06. The van der Waals surface area contributed by atoms with Gasteiger partial charge in [0.1, 0.15) is 24.4 Å². The van der Waals surface area contributed by atoms with Gasteiger partial charge < -0.3 is 48.8 Å². The molecule has 4 rings (SSSR count). The van der Waals surface area contributed by atoms with Gasteiger partial charge in [-0.1, -0.05) is 0 Å². The van der Waals surface area contributed by atoms with Gasteiger partial charge in [-0.2, -0.15) is 0 Å². The molecule has 1 saturated heterocycles. The van der Waals surface area contributed by atoms with Crippen LogP contribution in [0.2, 0.25) is 0 Å². The molecule has 2 aromatic carbocycles. The first-order valence-corrected chi connectivity index (χ1v) is 11.3. The molecule has 0 saturated carbocycles. The van der Waals surface area contributed by atoms with E-state index in [-0.39, 0.29) is 51.0 Å². The summed E-state index contributed by atoms with van der Waals surface area (Å²) in [6, 6.07) is 2.84. The van der Waals surface area contributed by atoms with E-state index in [4.69, 9.17) is 28.4 Å². The van der Waals surface area contributed by atoms with Gasteiger partial charge in [0.25, 0.3) is 0 Å². The fraction of sp³-hybridized carbons (Fsp3) is 0.440. The number of hydrogen-bond donors (Lipinski definition) is 4. The van der Waals surface area contributed by atoms with E-state index in [2.05, 4.69) is 0 Å². The summed E-state index contributed by atoms with van der Waals surface area (Å²) in [5, 5.41) is 40.1. The zero-order valence-corrected chi connectivity index (χ0v) is 20.8. The van der Waals surface area contributed by atoms with Crippen LogP contribution in [0.5, 0.6) is 28.7 Å². The summed E-state index contributed by atoms with van der Waals surface area (Å²) >= 11 is 0. The summed E-state index contributed by atoms with van der Waals surface area (Å²) in [7, 11) is 5.36. The number of aliphatic hydroxyl groups excluding tert-OH is 4. The lowest BCUT2D eigenvalue weighted by molar-refractivity contribution is -0.277. The summed E-state index contributed by atoms with van der Waals surface area (Å²) in [6.07, 6.45) is -7.72. The average Bonchev–Trinajstić information content (AvgIpc) is 2.90. The van der Waals surface area contributed by atoms with Gasteiger partial charge in [-0.25, -0.2) is 0 Å². The fourth-order valence-electron chi connectivity index (χ4n) is 4.63. The Kier molecular flexibility index (Phi) is 7.31. The van der Waals surface area contributed by atoms with Crippen molar-refractivity contribution in [1.82, 2.24) is 0 Å². The van der Waals surface area contributed by atoms with Gasteiger partial charge in [0.2, 0.25) is 17.8 Å². The summed E-state index contributed by atoms with van der Waals surface area (Å²) < 4.78 is 32.9. The number of hydrogen-bond acceptors (Lipinski definition) is 12. The first kappa shape index (κ1) is 26.6. The minimum Gasteiger partial charge on any atom is -0.493 e. The Hall–Kier alpha value is -3.42. The SMILES string of the molecule is COc1cc2c(c(OC)c1OC)C(=O)c1c(cc(C)c(O[C@@H]3O[C@H](CO)[C@@H](O)[C@@H](O)[C@H]3O)c1OC)C2=O. The first-order valence-electron chi connectivity index (χ1n) is 11.3. The highest BCUT2D eigenvalue weighted by atomic mass is 16.7. The van der Waals surface area contributed by atoms with Crippen molar-refractivity contribution in [3.05, 3.63) is 39.9 Å². The van der Waals surface area contributed by atoms with E-state index in [1.165, 1.54) is 40.6 Å². The van der Waals surface area contributed by atoms with Crippen LogP contribution in [0, 0.1) is 6.92 Å². The Balaban J connectivity index is 1.87. The van der Waals surface area contributed by atoms with Crippen molar-refractivity contribution in [3.8, 4) is 28.7 Å². The van der Waals surface area contributed by atoms with Gasteiger partial charge in [-0.15, -0.1) is 0 Å². The highest BCUT2D eigenvalue weighted by Gasteiger charge is 2.46. The van der Waals surface area contributed by atoms with Crippen LogP contribution in [0.15, 0.2) is 12.1 Å². The van der Waals surface area contributed by atoms with Gasteiger partial charge in [-0.3, -0.25) is 9.59 Å². The van der Waals surface area contributed by atoms with Crippen LogP contribution in [-0.2, 0) is 4.74 Å². The zero-order chi connectivity index (χ0) is 27.2. The van der Waals surface area contributed by atoms with E-state index in [0.717, 1.165) is 0 Å². The molecule has 12 heteroatoms. The largest absolute Gasteiger partial charge is 0.493 e. The molecule has 0 unspecified atom stereocenters. The predicted octanol–water partition coefficient (Wildman–Crippen LogP) is -0.0165. The van der Waals surface area contributed by atoms with Crippen molar-refractivity contribution < 1.29 is 58.4 Å². The van der Waals surface area contributed by atoms with Crippen molar-refractivity contribution in [2.24, 2.45) is 0 Å². The Labute approximate surface area is 211 Å². The third-order valence-corrected chi connectivity index (χ3v) is 6.48. The van der Waals surface area contributed by atoms with Gasteiger partial charge in [0, 0.05) is 11.1 Å². The van der Waals surface area contributed by atoms with Gasteiger partial charge in [0.05, 0.1) is 46.2 Å². The second kappa shape index (κ2) is 10.1. The maximum Gasteiger partial charge on any atom is 0.229 e. The second-order valence-electron chi connectivity index (χ2n) is 8.52. The number of rotatable bonds is 7. The quantitative estimate of drug-likeness (QED) is 0.329. The maximum atomic E-state index is 13.8. The van der Waals surface area contributed by atoms with E-state index in [0.29, 0.717) is 5.56 Å². The van der Waals surface area contributed by atoms with E-state index in [1.54, 1.807) is 6.92 Å². The zero-order valence-electron chi connectivity index (χ0n) is 20.8. The van der Waals surface area contributed by atoms with Crippen molar-refractivity contribution >= 4 is 11.6 Å². The number of carbonyl (C=O) groups excluding carboxylic acids is 2. The monoisotopic (exact) mass is 520 g/mol. The molecule has 0 amide bonds. The molecule has 0 aromatic heterocycles. The van der Waals surface area contributed by atoms with Gasteiger partial charge in [0.15, 0.2) is 28.8 Å². The van der Waals surface area contributed by atoms with Gasteiger partial charge in [-0.05, 0) is 24.6 Å². The molecule has 1 heterocycles. The molecule has 0 radical (unpaired) electrons. The summed E-state index contributed by atoms with van der Waals surface area (Å²) in [6.45, 7) is 0.935. The Morgan fingerprint density at radius 2 is 1.32 bits per heavy atom. The highest BCUT2D eigenvalue weighted by molar-refractivity contribution is 6.31. The summed E-state index contributed by atoms with van der Waals surface area (Å²) in [4.78, 5) is 27.4. The van der Waals surface area contributed by atoms with Crippen molar-refractivity contribution in [3.63, 3.8) is 0 Å². The van der Waals surface area contributed by atoms with Crippen LogP contribution in [-0.4, -0.2) is 97.7 Å². The number of ether oxygens (including phenoxy) is 6. The topological polar surface area (TPSA) is 170 Å². The summed E-state index contributed by atoms with van der Waals surface area (Å²) in [5.41, 5.74) is 0.275. The van der Waals surface area contributed by atoms with Crippen molar-refractivity contribution in [2.75, 3.05) is 35.0 Å². The van der Waals surface area contributed by atoms with E-state index < -0.39 is 48.9 Å². The molecular weight excluding hydrogens is 492 g/mol. The standard InChI is InChI=1S/C25H28O12/c1-9-6-10-14(18(29)15-11(16(10)27)7-12(32-2)22(33-3)24(15)35-5)23(34-4)21(9)37-25-20(31)19(30)17(28)13(8-26)36-25/h6-7,13,17,19-20,25-26,28,30-31H,8H2,1-5H3/t13-,17-,19-,20-,25+/m1/s1. The van der Waals surface area contributed by atoms with Crippen LogP contribution in [0.4, 0.5) is 0 Å². The molecule has 1 aliphatic carbocycles. The van der Waals surface area contributed by atoms with Crippen LogP contribution in [0.1, 0.15) is 37.4 Å². The minimum absolute atomic E-state index is 0.000111. The predicted molar refractivity (Wildman–Crippen MR) is 125 cm³/mol. The summed E-state index contributed by atoms with van der Waals surface area (Å²) in [5.74, 6) is -0.948. The Morgan fingerprint density at radius 1 is 0.757 bits per heavy atom. The Bertz CT molecular complexity index is 1240. The van der Waals surface area contributed by atoms with Crippen LogP contribution in [0.25, 0.3) is 0 Å². The van der Waals surface area contributed by atoms with E-state index >= 15 is 0 Å². The molecule has 2 aromatic rings. The molecule has 12 nitrogen and oxygen atoms in total. The number of methoxy groups -OCH3 is 4. The number of carbonyl (C=O) groups is 2. The Morgan fingerprint density at radius 3 is 1.86 bits per heavy atom. The molecule has 0 bridgehead atoms. The third-order valence-electron chi connectivity index (χ3n) is 6.48. The van der Waals surface area contributed by atoms with Gasteiger partial charge >= 0.3 is 0 Å². The molecule has 1 fully saturated rings. The van der Waals surface area contributed by atoms with Crippen molar-refractivity contribution in [2.45, 2.75) is 37.6 Å².